The quantitative estimate of drug-likeness (QED) is 0.264. The Hall–Kier alpha value is -2.51. The number of hydrogen-bond acceptors (Lipinski definition) is 8. The third-order valence-corrected chi connectivity index (χ3v) is 7.25. The van der Waals surface area contributed by atoms with Crippen LogP contribution in [0, 0.1) is 6.92 Å². The lowest BCUT2D eigenvalue weighted by atomic mass is 10.2. The molecule has 2 amide bonds. The van der Waals surface area contributed by atoms with Gasteiger partial charge >= 0.3 is 0 Å². The van der Waals surface area contributed by atoms with Crippen molar-refractivity contribution in [3.05, 3.63) is 73.4 Å². The van der Waals surface area contributed by atoms with Gasteiger partial charge in [-0.25, -0.2) is 0 Å². The molecule has 0 atom stereocenters. The number of amides is 2. The van der Waals surface area contributed by atoms with Crippen molar-refractivity contribution in [3.8, 4) is 5.69 Å². The highest BCUT2D eigenvalue weighted by Gasteiger charge is 2.18. The van der Waals surface area contributed by atoms with E-state index in [1.54, 1.807) is 16.7 Å². The van der Waals surface area contributed by atoms with Gasteiger partial charge in [-0.05, 0) is 49.4 Å². The van der Waals surface area contributed by atoms with Crippen LogP contribution in [0.4, 0.5) is 5.13 Å². The number of hydrogen-bond donors (Lipinski definition) is 2. The molecule has 0 saturated heterocycles. The SMILES string of the molecule is Cc1nnc(NC(=O)CSc2nnc(CNC(=O)c3cc(Cl)ccc3Cl)n2-c2ccc(Br)cc2)s1. The highest BCUT2D eigenvalue weighted by molar-refractivity contribution is 9.10. The van der Waals surface area contributed by atoms with Gasteiger partial charge in [0.05, 0.1) is 22.9 Å². The van der Waals surface area contributed by atoms with Crippen molar-refractivity contribution in [3.63, 3.8) is 0 Å². The third-order valence-electron chi connectivity index (χ3n) is 4.47. The molecule has 14 heteroatoms. The Balaban J connectivity index is 1.52. The molecular formula is C21H16BrCl2N7O2S2. The first-order chi connectivity index (χ1) is 16.8. The molecule has 0 radical (unpaired) electrons. The minimum atomic E-state index is -0.399. The van der Waals surface area contributed by atoms with E-state index in [-0.39, 0.29) is 28.8 Å². The Kier molecular flexibility index (Phi) is 8.39. The number of carbonyl (C=O) groups is 2. The number of rotatable bonds is 8. The minimum absolute atomic E-state index is 0.0710. The Morgan fingerprint density at radius 3 is 2.57 bits per heavy atom. The molecule has 2 aromatic heterocycles. The summed E-state index contributed by atoms with van der Waals surface area (Å²) in [6.07, 6.45) is 0. The predicted molar refractivity (Wildman–Crippen MR) is 141 cm³/mol. The van der Waals surface area contributed by atoms with E-state index in [0.717, 1.165) is 15.2 Å². The molecule has 0 saturated carbocycles. The summed E-state index contributed by atoms with van der Waals surface area (Å²) < 4.78 is 2.68. The maximum absolute atomic E-state index is 12.7. The summed E-state index contributed by atoms with van der Waals surface area (Å²) in [5, 5.41) is 24.1. The van der Waals surface area contributed by atoms with Gasteiger partial charge in [0.15, 0.2) is 11.0 Å². The molecular weight excluding hydrogens is 597 g/mol. The molecule has 2 heterocycles. The molecule has 9 nitrogen and oxygen atoms in total. The van der Waals surface area contributed by atoms with Crippen molar-refractivity contribution >= 4 is 79.2 Å². The number of benzene rings is 2. The second kappa shape index (κ2) is 11.5. The van der Waals surface area contributed by atoms with Crippen LogP contribution in [0.3, 0.4) is 0 Å². The van der Waals surface area contributed by atoms with E-state index in [1.165, 1.54) is 29.2 Å². The van der Waals surface area contributed by atoms with Crippen molar-refractivity contribution in [1.29, 1.82) is 0 Å². The molecule has 2 N–H and O–H groups in total. The maximum atomic E-state index is 12.7. The van der Waals surface area contributed by atoms with E-state index in [4.69, 9.17) is 23.2 Å². The van der Waals surface area contributed by atoms with Gasteiger partial charge in [0, 0.05) is 15.2 Å². The summed E-state index contributed by atoms with van der Waals surface area (Å²) in [4.78, 5) is 25.1. The van der Waals surface area contributed by atoms with Gasteiger partial charge < -0.3 is 5.32 Å². The van der Waals surface area contributed by atoms with Crippen LogP contribution in [0.5, 0.6) is 0 Å². The average molecular weight is 613 g/mol. The van der Waals surface area contributed by atoms with Gasteiger partial charge in [0.2, 0.25) is 11.0 Å². The maximum Gasteiger partial charge on any atom is 0.253 e. The second-order valence-electron chi connectivity index (χ2n) is 6.98. The van der Waals surface area contributed by atoms with Crippen molar-refractivity contribution < 1.29 is 9.59 Å². The number of aromatic nitrogens is 5. The molecule has 0 aliphatic carbocycles. The zero-order chi connectivity index (χ0) is 24.9. The zero-order valence-corrected chi connectivity index (χ0v) is 22.7. The largest absolute Gasteiger partial charge is 0.345 e. The van der Waals surface area contributed by atoms with Crippen molar-refractivity contribution in [2.24, 2.45) is 0 Å². The lowest BCUT2D eigenvalue weighted by molar-refractivity contribution is -0.113. The Morgan fingerprint density at radius 1 is 1.09 bits per heavy atom. The van der Waals surface area contributed by atoms with E-state index in [1.807, 2.05) is 31.2 Å². The monoisotopic (exact) mass is 611 g/mol. The second-order valence-corrected chi connectivity index (χ2v) is 10.9. The fourth-order valence-electron chi connectivity index (χ4n) is 2.92. The number of thioether (sulfide) groups is 1. The van der Waals surface area contributed by atoms with Crippen LogP contribution in [-0.4, -0.2) is 42.5 Å². The fourth-order valence-corrected chi connectivity index (χ4v) is 4.93. The summed E-state index contributed by atoms with van der Waals surface area (Å²) in [6.45, 7) is 1.88. The highest BCUT2D eigenvalue weighted by atomic mass is 79.9. The predicted octanol–water partition coefficient (Wildman–Crippen LogP) is 5.16. The van der Waals surface area contributed by atoms with Gasteiger partial charge in [-0.1, -0.05) is 62.2 Å². The number of nitrogens with one attached hydrogen (secondary N) is 2. The molecule has 4 aromatic rings. The summed E-state index contributed by atoms with van der Waals surface area (Å²) in [5.41, 5.74) is 1.03. The van der Waals surface area contributed by atoms with Crippen LogP contribution >= 0.6 is 62.2 Å². The first kappa shape index (κ1) is 25.6. The number of halogens is 3. The first-order valence-electron chi connectivity index (χ1n) is 9.96. The van der Waals surface area contributed by atoms with Gasteiger partial charge in [-0.15, -0.1) is 20.4 Å². The van der Waals surface area contributed by atoms with Crippen molar-refractivity contribution in [2.75, 3.05) is 11.1 Å². The van der Waals surface area contributed by atoms with Crippen LogP contribution in [0.1, 0.15) is 21.2 Å². The van der Waals surface area contributed by atoms with Crippen LogP contribution in [-0.2, 0) is 11.3 Å². The highest BCUT2D eigenvalue weighted by Crippen LogP contribution is 2.25. The lowest BCUT2D eigenvalue weighted by Gasteiger charge is -2.11. The standard InChI is InChI=1S/C21H16BrCl2N7O2S2/c1-11-27-29-20(35-11)26-18(32)10-34-21-30-28-17(31(21)14-5-2-12(22)3-6-14)9-25-19(33)15-8-13(23)4-7-16(15)24/h2-8H,9-10H2,1H3,(H,25,33)(H,26,29,32). The molecule has 0 aliphatic rings. The van der Waals surface area contributed by atoms with Crippen LogP contribution < -0.4 is 10.6 Å². The number of anilines is 1. The first-order valence-corrected chi connectivity index (χ1v) is 13.3. The zero-order valence-electron chi connectivity index (χ0n) is 18.0. The fraction of sp³-hybridized carbons (Fsp3) is 0.143. The molecule has 0 bridgehead atoms. The van der Waals surface area contributed by atoms with Gasteiger partial charge in [-0.3, -0.25) is 19.5 Å². The van der Waals surface area contributed by atoms with Crippen molar-refractivity contribution in [2.45, 2.75) is 18.6 Å². The van der Waals surface area contributed by atoms with E-state index in [2.05, 4.69) is 47.0 Å². The number of carbonyl (C=O) groups excluding carboxylic acids is 2. The van der Waals surface area contributed by atoms with Gasteiger partial charge in [-0.2, -0.15) is 0 Å². The summed E-state index contributed by atoms with van der Waals surface area (Å²) >= 11 is 18.1. The Bertz CT molecular complexity index is 1380. The molecule has 0 fully saturated rings. The van der Waals surface area contributed by atoms with Crippen LogP contribution in [0.25, 0.3) is 5.69 Å². The van der Waals surface area contributed by atoms with E-state index >= 15 is 0 Å². The molecule has 0 unspecified atom stereocenters. The van der Waals surface area contributed by atoms with Crippen molar-refractivity contribution in [1.82, 2.24) is 30.3 Å². The van der Waals surface area contributed by atoms with Gasteiger partial charge in [0.25, 0.3) is 5.91 Å². The normalized spacial score (nSPS) is 10.9. The smallest absolute Gasteiger partial charge is 0.253 e. The molecule has 0 aliphatic heterocycles. The topological polar surface area (TPSA) is 115 Å². The van der Waals surface area contributed by atoms with E-state index < -0.39 is 5.91 Å². The molecule has 35 heavy (non-hydrogen) atoms. The lowest BCUT2D eigenvalue weighted by Crippen LogP contribution is -2.25. The Labute approximate surface area is 226 Å². The average Bonchev–Trinajstić information content (AvgIpc) is 3.43. The number of nitrogens with zero attached hydrogens (tertiary/aromatic N) is 5. The molecule has 180 valence electrons. The van der Waals surface area contributed by atoms with E-state index in [9.17, 15) is 9.59 Å². The van der Waals surface area contributed by atoms with Crippen LogP contribution in [0.15, 0.2) is 52.1 Å². The third kappa shape index (κ3) is 6.58. The Morgan fingerprint density at radius 2 is 1.86 bits per heavy atom. The van der Waals surface area contributed by atoms with Crippen LogP contribution in [0.2, 0.25) is 10.0 Å². The van der Waals surface area contributed by atoms with Gasteiger partial charge in [0.1, 0.15) is 5.01 Å². The summed E-state index contributed by atoms with van der Waals surface area (Å²) in [5.74, 6) is -0.0927. The summed E-state index contributed by atoms with van der Waals surface area (Å²) in [7, 11) is 0. The minimum Gasteiger partial charge on any atom is -0.345 e. The number of aryl methyl sites for hydroxylation is 1. The molecule has 4 rings (SSSR count). The molecule has 0 spiro atoms. The van der Waals surface area contributed by atoms with E-state index in [0.29, 0.717) is 21.1 Å². The molecule has 2 aromatic carbocycles. The summed E-state index contributed by atoms with van der Waals surface area (Å²) in [6, 6.07) is 12.2.